The van der Waals surface area contributed by atoms with E-state index >= 15 is 0 Å². The van der Waals surface area contributed by atoms with Gasteiger partial charge in [0.15, 0.2) is 0 Å². The fourth-order valence-corrected chi connectivity index (χ4v) is 6.58. The molecule has 0 saturated heterocycles. The summed E-state index contributed by atoms with van der Waals surface area (Å²) >= 11 is 0. The van der Waals surface area contributed by atoms with E-state index in [0.717, 1.165) is 72.8 Å². The number of para-hydroxylation sites is 1. The molecule has 1 saturated carbocycles. The molecule has 2 N–H and O–H groups in total. The lowest BCUT2D eigenvalue weighted by atomic mass is 9.82. The second-order valence-corrected chi connectivity index (χ2v) is 12.0. The van der Waals surface area contributed by atoms with Gasteiger partial charge in [-0.1, -0.05) is 42.5 Å². The second-order valence-electron chi connectivity index (χ2n) is 10.2. The van der Waals surface area contributed by atoms with Gasteiger partial charge in [0, 0.05) is 31.6 Å². The molecule has 38 heavy (non-hydrogen) atoms. The van der Waals surface area contributed by atoms with Crippen LogP contribution in [-0.4, -0.2) is 44.6 Å². The first-order valence-electron chi connectivity index (χ1n) is 13.7. The third-order valence-corrected chi connectivity index (χ3v) is 9.18. The molecule has 0 spiro atoms. The third-order valence-electron chi connectivity index (χ3n) is 7.75. The van der Waals surface area contributed by atoms with Crippen LogP contribution in [-0.2, 0) is 10.0 Å². The van der Waals surface area contributed by atoms with E-state index in [1.807, 2.05) is 48.5 Å². The van der Waals surface area contributed by atoms with E-state index in [0.29, 0.717) is 29.2 Å². The molecule has 0 radical (unpaired) electrons. The monoisotopic (exact) mass is 531 g/mol. The standard InChI is InChI=1S/C30H37N5O2S/c1-3-35(4-2)29-27-11-7-8-12-28(27)33-30(34-29)31-20-22-13-15-23(16-14-22)21-32-38(36,37)26-18-17-24-9-5-6-10-25(24)19-26/h5-12,17-19,22-23,32H,3-4,13-16,20-21H2,1-2H3,(H,31,33,34). The molecule has 3 aromatic carbocycles. The van der Waals surface area contributed by atoms with Crippen LogP contribution in [0.3, 0.4) is 0 Å². The predicted octanol–water partition coefficient (Wildman–Crippen LogP) is 5.83. The Morgan fingerprint density at radius 2 is 1.47 bits per heavy atom. The van der Waals surface area contributed by atoms with Gasteiger partial charge in [0.2, 0.25) is 16.0 Å². The topological polar surface area (TPSA) is 87.2 Å². The van der Waals surface area contributed by atoms with Crippen LogP contribution in [0.5, 0.6) is 0 Å². The van der Waals surface area contributed by atoms with E-state index in [-0.39, 0.29) is 0 Å². The summed E-state index contributed by atoms with van der Waals surface area (Å²) in [7, 11) is -3.53. The molecule has 1 aliphatic rings. The number of benzene rings is 3. The van der Waals surface area contributed by atoms with E-state index < -0.39 is 10.0 Å². The van der Waals surface area contributed by atoms with Crippen molar-refractivity contribution in [3.05, 3.63) is 66.7 Å². The summed E-state index contributed by atoms with van der Waals surface area (Å²) in [5.74, 6) is 2.53. The van der Waals surface area contributed by atoms with Gasteiger partial charge in [-0.2, -0.15) is 4.98 Å². The third kappa shape index (κ3) is 5.92. The molecule has 5 rings (SSSR count). The van der Waals surface area contributed by atoms with Gasteiger partial charge in [-0.15, -0.1) is 0 Å². The lowest BCUT2D eigenvalue weighted by Crippen LogP contribution is -2.32. The van der Waals surface area contributed by atoms with Crippen molar-refractivity contribution in [3.63, 3.8) is 0 Å². The summed E-state index contributed by atoms with van der Waals surface area (Å²) in [6, 6.07) is 21.3. The Labute approximate surface area is 225 Å². The fraction of sp³-hybridized carbons (Fsp3) is 0.400. The lowest BCUT2D eigenvalue weighted by molar-refractivity contribution is 0.284. The molecule has 1 aliphatic carbocycles. The van der Waals surface area contributed by atoms with Gasteiger partial charge in [-0.25, -0.2) is 18.1 Å². The Balaban J connectivity index is 1.15. The van der Waals surface area contributed by atoms with Gasteiger partial charge in [0.25, 0.3) is 0 Å². The summed E-state index contributed by atoms with van der Waals surface area (Å²) < 4.78 is 28.7. The molecular formula is C30H37N5O2S. The summed E-state index contributed by atoms with van der Waals surface area (Å²) in [6.07, 6.45) is 4.14. The molecule has 7 nitrogen and oxygen atoms in total. The SMILES string of the molecule is CCN(CC)c1nc(NCC2CCC(CNS(=O)(=O)c3ccc4ccccc4c3)CC2)nc2ccccc12. The van der Waals surface area contributed by atoms with E-state index in [1.54, 1.807) is 12.1 Å². The summed E-state index contributed by atoms with van der Waals surface area (Å²) in [5, 5.41) is 6.55. The van der Waals surface area contributed by atoms with Crippen LogP contribution in [0.25, 0.3) is 21.7 Å². The maximum Gasteiger partial charge on any atom is 0.240 e. The van der Waals surface area contributed by atoms with Crippen molar-refractivity contribution < 1.29 is 8.42 Å². The number of hydrogen-bond donors (Lipinski definition) is 2. The van der Waals surface area contributed by atoms with Crippen molar-refractivity contribution in [1.82, 2.24) is 14.7 Å². The number of fused-ring (bicyclic) bond motifs is 2. The Hall–Kier alpha value is -3.23. The second kappa shape index (κ2) is 11.7. The summed E-state index contributed by atoms with van der Waals surface area (Å²) in [5.41, 5.74) is 0.953. The smallest absolute Gasteiger partial charge is 0.240 e. The Bertz CT molecular complexity index is 1500. The Morgan fingerprint density at radius 3 is 2.21 bits per heavy atom. The molecule has 1 fully saturated rings. The first-order valence-corrected chi connectivity index (χ1v) is 15.2. The zero-order valence-corrected chi connectivity index (χ0v) is 23.0. The van der Waals surface area contributed by atoms with Gasteiger partial charge in [-0.05, 0) is 86.4 Å². The number of nitrogens with zero attached hydrogens (tertiary/aromatic N) is 3. The van der Waals surface area contributed by atoms with Crippen LogP contribution in [0.1, 0.15) is 39.5 Å². The van der Waals surface area contributed by atoms with Gasteiger partial charge < -0.3 is 10.2 Å². The van der Waals surface area contributed by atoms with Gasteiger partial charge >= 0.3 is 0 Å². The summed E-state index contributed by atoms with van der Waals surface area (Å²) in [6.45, 7) is 7.39. The first-order chi connectivity index (χ1) is 18.5. The number of sulfonamides is 1. The van der Waals surface area contributed by atoms with Crippen LogP contribution in [0, 0.1) is 11.8 Å². The van der Waals surface area contributed by atoms with E-state index in [4.69, 9.17) is 9.97 Å². The van der Waals surface area contributed by atoms with Crippen molar-refractivity contribution in [2.24, 2.45) is 11.8 Å². The zero-order chi connectivity index (χ0) is 26.5. The minimum atomic E-state index is -3.53. The van der Waals surface area contributed by atoms with E-state index in [9.17, 15) is 8.42 Å². The highest BCUT2D eigenvalue weighted by Crippen LogP contribution is 2.30. The number of nitrogens with one attached hydrogen (secondary N) is 2. The first kappa shape index (κ1) is 26.4. The highest BCUT2D eigenvalue weighted by atomic mass is 32.2. The van der Waals surface area contributed by atoms with Gasteiger partial charge in [-0.3, -0.25) is 0 Å². The number of hydrogen-bond acceptors (Lipinski definition) is 6. The number of anilines is 2. The number of aromatic nitrogens is 2. The predicted molar refractivity (Wildman–Crippen MR) is 156 cm³/mol. The Kier molecular flexibility index (Phi) is 8.09. The molecule has 1 aromatic heterocycles. The summed E-state index contributed by atoms with van der Waals surface area (Å²) in [4.78, 5) is 12.2. The largest absolute Gasteiger partial charge is 0.356 e. The number of rotatable bonds is 10. The van der Waals surface area contributed by atoms with Crippen molar-refractivity contribution >= 4 is 43.5 Å². The Morgan fingerprint density at radius 1 is 0.816 bits per heavy atom. The minimum Gasteiger partial charge on any atom is -0.356 e. The average Bonchev–Trinajstić information content (AvgIpc) is 2.96. The van der Waals surface area contributed by atoms with Crippen LogP contribution in [0.2, 0.25) is 0 Å². The molecule has 0 aliphatic heterocycles. The van der Waals surface area contributed by atoms with Crippen molar-refractivity contribution in [2.75, 3.05) is 36.4 Å². The van der Waals surface area contributed by atoms with E-state index in [1.165, 1.54) is 0 Å². The van der Waals surface area contributed by atoms with Gasteiger partial charge in [0.1, 0.15) is 5.82 Å². The zero-order valence-electron chi connectivity index (χ0n) is 22.2. The highest BCUT2D eigenvalue weighted by Gasteiger charge is 2.24. The maximum absolute atomic E-state index is 12.9. The molecule has 0 amide bonds. The van der Waals surface area contributed by atoms with Gasteiger partial charge in [0.05, 0.1) is 10.4 Å². The molecule has 0 atom stereocenters. The van der Waals surface area contributed by atoms with Crippen LogP contribution in [0.15, 0.2) is 71.6 Å². The quantitative estimate of drug-likeness (QED) is 0.268. The molecule has 0 bridgehead atoms. The fourth-order valence-electron chi connectivity index (χ4n) is 5.42. The normalized spacial score (nSPS) is 18.1. The molecule has 8 heteroatoms. The van der Waals surface area contributed by atoms with Crippen molar-refractivity contribution in [3.8, 4) is 0 Å². The van der Waals surface area contributed by atoms with Crippen LogP contribution < -0.4 is 14.9 Å². The van der Waals surface area contributed by atoms with E-state index in [2.05, 4.69) is 34.9 Å². The van der Waals surface area contributed by atoms with Crippen molar-refractivity contribution in [1.29, 1.82) is 0 Å². The molecule has 4 aromatic rings. The minimum absolute atomic E-state index is 0.327. The lowest BCUT2D eigenvalue weighted by Gasteiger charge is -2.29. The average molecular weight is 532 g/mol. The van der Waals surface area contributed by atoms with Crippen LogP contribution >= 0.6 is 0 Å². The highest BCUT2D eigenvalue weighted by molar-refractivity contribution is 7.89. The van der Waals surface area contributed by atoms with Crippen molar-refractivity contribution in [2.45, 2.75) is 44.4 Å². The molecule has 200 valence electrons. The molecular weight excluding hydrogens is 494 g/mol. The maximum atomic E-state index is 12.9. The molecule has 0 unspecified atom stereocenters. The van der Waals surface area contributed by atoms with Crippen LogP contribution in [0.4, 0.5) is 11.8 Å². The molecule has 1 heterocycles.